The number of aryl methyl sites for hydroxylation is 1. The van der Waals surface area contributed by atoms with Gasteiger partial charge >= 0.3 is 0 Å². The minimum absolute atomic E-state index is 0.836. The molecule has 0 aliphatic carbocycles. The maximum Gasteiger partial charge on any atom is 0.126 e. The minimum atomic E-state index is 0.836. The third-order valence-corrected chi connectivity index (χ3v) is 2.89. The quantitative estimate of drug-likeness (QED) is 0.824. The molecular formula is C15H18N4. The average Bonchev–Trinajstić information content (AvgIpc) is 2.46. The first-order valence-electron chi connectivity index (χ1n) is 6.20. The molecule has 0 atom stereocenters. The zero-order chi connectivity index (χ0) is 13.7. The molecule has 2 N–H and O–H groups in total. The van der Waals surface area contributed by atoms with Crippen molar-refractivity contribution in [2.45, 2.75) is 6.92 Å². The Balaban J connectivity index is 2.32. The lowest BCUT2D eigenvalue weighted by Gasteiger charge is -2.07. The molecule has 0 bridgehead atoms. The van der Waals surface area contributed by atoms with Crippen LogP contribution in [-0.4, -0.2) is 25.3 Å². The van der Waals surface area contributed by atoms with Gasteiger partial charge in [-0.3, -0.25) is 4.99 Å². The lowest BCUT2D eigenvalue weighted by atomic mass is 10.1. The van der Waals surface area contributed by atoms with Gasteiger partial charge in [0.1, 0.15) is 5.82 Å². The first kappa shape index (κ1) is 13.1. The van der Waals surface area contributed by atoms with Crippen molar-refractivity contribution in [2.75, 3.05) is 24.7 Å². The van der Waals surface area contributed by atoms with Gasteiger partial charge in [0.25, 0.3) is 0 Å². The van der Waals surface area contributed by atoms with Crippen LogP contribution in [0.5, 0.6) is 0 Å². The van der Waals surface area contributed by atoms with E-state index in [0.717, 1.165) is 28.3 Å². The van der Waals surface area contributed by atoms with Crippen molar-refractivity contribution in [3.8, 4) is 0 Å². The predicted molar refractivity (Wildman–Crippen MR) is 81.8 cm³/mol. The van der Waals surface area contributed by atoms with Gasteiger partial charge in [-0.15, -0.1) is 0 Å². The number of aliphatic imine (C=N–C) groups is 1. The summed E-state index contributed by atoms with van der Waals surface area (Å²) in [7, 11) is 3.75. The van der Waals surface area contributed by atoms with E-state index < -0.39 is 0 Å². The smallest absolute Gasteiger partial charge is 0.126 e. The highest BCUT2D eigenvalue weighted by atomic mass is 14.9. The Morgan fingerprint density at radius 1 is 1.16 bits per heavy atom. The van der Waals surface area contributed by atoms with Gasteiger partial charge < -0.3 is 10.6 Å². The molecule has 2 aromatic rings. The van der Waals surface area contributed by atoms with Gasteiger partial charge in [-0.05, 0) is 36.2 Å². The maximum absolute atomic E-state index is 4.58. The third-order valence-electron chi connectivity index (χ3n) is 2.89. The summed E-state index contributed by atoms with van der Waals surface area (Å²) in [6, 6.07) is 9.98. The second-order valence-electron chi connectivity index (χ2n) is 4.20. The SMILES string of the molecule is CNc1cc(C=Nc2c(C)cccc2NC)ccn1. The lowest BCUT2D eigenvalue weighted by Crippen LogP contribution is -1.93. The first-order valence-corrected chi connectivity index (χ1v) is 6.20. The fourth-order valence-electron chi connectivity index (χ4n) is 1.84. The molecule has 19 heavy (non-hydrogen) atoms. The summed E-state index contributed by atoms with van der Waals surface area (Å²) in [5, 5.41) is 6.17. The van der Waals surface area contributed by atoms with Crippen molar-refractivity contribution in [3.05, 3.63) is 47.7 Å². The number of rotatable bonds is 4. The van der Waals surface area contributed by atoms with Gasteiger partial charge in [0.05, 0.1) is 11.4 Å². The molecule has 98 valence electrons. The highest BCUT2D eigenvalue weighted by Gasteiger charge is 2.01. The molecule has 0 radical (unpaired) electrons. The Hall–Kier alpha value is -2.36. The number of aromatic nitrogens is 1. The molecule has 4 nitrogen and oxygen atoms in total. The molecule has 1 heterocycles. The molecule has 2 rings (SSSR count). The molecule has 0 saturated heterocycles. The van der Waals surface area contributed by atoms with E-state index >= 15 is 0 Å². The van der Waals surface area contributed by atoms with E-state index in [2.05, 4.69) is 33.6 Å². The molecule has 1 aromatic heterocycles. The maximum atomic E-state index is 4.58. The third kappa shape index (κ3) is 3.10. The van der Waals surface area contributed by atoms with E-state index in [4.69, 9.17) is 0 Å². The number of hydrogen-bond acceptors (Lipinski definition) is 4. The van der Waals surface area contributed by atoms with Crippen LogP contribution in [0.4, 0.5) is 17.2 Å². The molecule has 1 aromatic carbocycles. The molecule has 0 saturated carbocycles. The highest BCUT2D eigenvalue weighted by Crippen LogP contribution is 2.28. The molecule has 0 spiro atoms. The van der Waals surface area contributed by atoms with E-state index in [1.165, 1.54) is 0 Å². The van der Waals surface area contributed by atoms with Crippen LogP contribution < -0.4 is 10.6 Å². The number of para-hydroxylation sites is 1. The van der Waals surface area contributed by atoms with Gasteiger partial charge in [0, 0.05) is 26.5 Å². The standard InChI is InChI=1S/C15H18N4/c1-11-5-4-6-13(16-2)15(11)19-10-12-7-8-18-14(9-12)17-3/h4-10,16H,1-3H3,(H,17,18). The van der Waals surface area contributed by atoms with E-state index in [1.807, 2.05) is 44.6 Å². The van der Waals surface area contributed by atoms with Crippen molar-refractivity contribution < 1.29 is 0 Å². The molecule has 0 aliphatic rings. The Bertz CT molecular complexity index is 590. The fraction of sp³-hybridized carbons (Fsp3) is 0.200. The number of anilines is 2. The minimum Gasteiger partial charge on any atom is -0.386 e. The van der Waals surface area contributed by atoms with Crippen LogP contribution in [0.15, 0.2) is 41.5 Å². The first-order chi connectivity index (χ1) is 9.24. The molecule has 0 aliphatic heterocycles. The Morgan fingerprint density at radius 3 is 2.74 bits per heavy atom. The van der Waals surface area contributed by atoms with Gasteiger partial charge in [-0.25, -0.2) is 4.98 Å². The second kappa shape index (κ2) is 6.00. The molecular weight excluding hydrogens is 236 g/mol. The van der Waals surface area contributed by atoms with E-state index in [0.29, 0.717) is 0 Å². The molecule has 4 heteroatoms. The normalized spacial score (nSPS) is 10.7. The Kier molecular flexibility index (Phi) is 4.13. The van der Waals surface area contributed by atoms with Gasteiger partial charge in [-0.2, -0.15) is 0 Å². The topological polar surface area (TPSA) is 49.3 Å². The van der Waals surface area contributed by atoms with Gasteiger partial charge in [0.15, 0.2) is 0 Å². The summed E-state index contributed by atoms with van der Waals surface area (Å²) in [5.41, 5.74) is 4.16. The van der Waals surface area contributed by atoms with Crippen LogP contribution in [0.2, 0.25) is 0 Å². The average molecular weight is 254 g/mol. The summed E-state index contributed by atoms with van der Waals surface area (Å²) in [4.78, 5) is 8.76. The number of nitrogens with one attached hydrogen (secondary N) is 2. The zero-order valence-corrected chi connectivity index (χ0v) is 11.4. The number of nitrogens with zero attached hydrogens (tertiary/aromatic N) is 2. The van der Waals surface area contributed by atoms with E-state index in [1.54, 1.807) is 6.20 Å². The summed E-state index contributed by atoms with van der Waals surface area (Å²) >= 11 is 0. The van der Waals surface area contributed by atoms with Crippen LogP contribution in [0.3, 0.4) is 0 Å². The fourth-order valence-corrected chi connectivity index (χ4v) is 1.84. The van der Waals surface area contributed by atoms with Crippen molar-refractivity contribution in [2.24, 2.45) is 4.99 Å². The predicted octanol–water partition coefficient (Wildman–Crippen LogP) is 3.22. The van der Waals surface area contributed by atoms with E-state index in [-0.39, 0.29) is 0 Å². The Labute approximate surface area is 113 Å². The summed E-state index contributed by atoms with van der Waals surface area (Å²) < 4.78 is 0. The van der Waals surface area contributed by atoms with Gasteiger partial charge in [0.2, 0.25) is 0 Å². The summed E-state index contributed by atoms with van der Waals surface area (Å²) in [6.07, 6.45) is 3.62. The zero-order valence-electron chi connectivity index (χ0n) is 11.4. The van der Waals surface area contributed by atoms with Crippen molar-refractivity contribution >= 4 is 23.4 Å². The second-order valence-corrected chi connectivity index (χ2v) is 4.20. The van der Waals surface area contributed by atoms with E-state index in [9.17, 15) is 0 Å². The molecule has 0 fully saturated rings. The largest absolute Gasteiger partial charge is 0.386 e. The van der Waals surface area contributed by atoms with Crippen molar-refractivity contribution in [1.82, 2.24) is 4.98 Å². The monoisotopic (exact) mass is 254 g/mol. The summed E-state index contributed by atoms with van der Waals surface area (Å²) in [6.45, 7) is 2.05. The van der Waals surface area contributed by atoms with Crippen LogP contribution in [0.1, 0.15) is 11.1 Å². The lowest BCUT2D eigenvalue weighted by molar-refractivity contribution is 1.28. The number of pyridine rings is 1. The highest BCUT2D eigenvalue weighted by molar-refractivity contribution is 5.85. The van der Waals surface area contributed by atoms with Crippen LogP contribution in [0.25, 0.3) is 0 Å². The van der Waals surface area contributed by atoms with Crippen LogP contribution in [-0.2, 0) is 0 Å². The Morgan fingerprint density at radius 2 is 2.00 bits per heavy atom. The van der Waals surface area contributed by atoms with Crippen LogP contribution in [0, 0.1) is 6.92 Å². The van der Waals surface area contributed by atoms with Crippen molar-refractivity contribution in [3.63, 3.8) is 0 Å². The molecule has 0 unspecified atom stereocenters. The molecule has 0 amide bonds. The van der Waals surface area contributed by atoms with Gasteiger partial charge in [-0.1, -0.05) is 12.1 Å². The van der Waals surface area contributed by atoms with Crippen LogP contribution >= 0.6 is 0 Å². The number of benzene rings is 1. The van der Waals surface area contributed by atoms with Crippen molar-refractivity contribution in [1.29, 1.82) is 0 Å². The summed E-state index contributed by atoms with van der Waals surface area (Å²) in [5.74, 6) is 0.836. The number of hydrogen-bond donors (Lipinski definition) is 2.